The van der Waals surface area contributed by atoms with E-state index in [0.29, 0.717) is 6.04 Å². The van der Waals surface area contributed by atoms with Gasteiger partial charge < -0.3 is 15.0 Å². The number of ether oxygens (including phenoxy) is 1. The maximum Gasteiger partial charge on any atom is 0.123 e. The molecule has 118 valence electrons. The second-order valence-electron chi connectivity index (χ2n) is 6.39. The van der Waals surface area contributed by atoms with Crippen LogP contribution in [0.3, 0.4) is 0 Å². The Kier molecular flexibility index (Phi) is 6.07. The van der Waals surface area contributed by atoms with Gasteiger partial charge in [-0.05, 0) is 63.4 Å². The average Bonchev–Trinajstić information content (AvgIpc) is 3.28. The first-order valence-electron chi connectivity index (χ1n) is 8.22. The predicted octanol–water partition coefficient (Wildman–Crippen LogP) is 3.60. The van der Waals surface area contributed by atoms with Crippen LogP contribution in [-0.4, -0.2) is 32.1 Å². The second kappa shape index (κ2) is 7.81. The topological polar surface area (TPSA) is 24.5 Å². The summed E-state index contributed by atoms with van der Waals surface area (Å²) in [7, 11) is 3.97. The summed E-state index contributed by atoms with van der Waals surface area (Å²) < 4.78 is 5.54. The fourth-order valence-corrected chi connectivity index (χ4v) is 2.77. The smallest absolute Gasteiger partial charge is 0.123 e. The van der Waals surface area contributed by atoms with E-state index in [2.05, 4.69) is 49.3 Å². The Morgan fingerprint density at radius 1 is 1.38 bits per heavy atom. The minimum absolute atomic E-state index is 0.392. The van der Waals surface area contributed by atoms with Gasteiger partial charge in [-0.25, -0.2) is 0 Å². The van der Waals surface area contributed by atoms with Gasteiger partial charge in [0, 0.05) is 24.7 Å². The minimum atomic E-state index is 0.392. The van der Waals surface area contributed by atoms with Gasteiger partial charge in [-0.2, -0.15) is 0 Å². The number of nitrogens with zero attached hydrogens (tertiary/aromatic N) is 1. The summed E-state index contributed by atoms with van der Waals surface area (Å²) in [6.07, 6.45) is 3.97. The largest absolute Gasteiger partial charge is 0.496 e. The van der Waals surface area contributed by atoms with Crippen LogP contribution in [0.15, 0.2) is 18.2 Å². The molecule has 1 unspecified atom stereocenters. The molecule has 0 heterocycles. The summed E-state index contributed by atoms with van der Waals surface area (Å²) in [5.74, 6) is 1.93. The zero-order valence-electron chi connectivity index (χ0n) is 14.0. The quantitative estimate of drug-likeness (QED) is 0.752. The number of methoxy groups -OCH3 is 1. The lowest BCUT2D eigenvalue weighted by atomic mass is 10.0. The molecular formula is C18H30N2O. The number of hydrogen-bond acceptors (Lipinski definition) is 3. The van der Waals surface area contributed by atoms with Crippen LogP contribution >= 0.6 is 0 Å². The van der Waals surface area contributed by atoms with Gasteiger partial charge in [0.25, 0.3) is 0 Å². The van der Waals surface area contributed by atoms with E-state index in [1.807, 2.05) is 0 Å². The van der Waals surface area contributed by atoms with Crippen molar-refractivity contribution < 1.29 is 4.74 Å². The molecule has 0 radical (unpaired) electrons. The lowest BCUT2D eigenvalue weighted by molar-refractivity contribution is 0.305. The molecule has 1 fully saturated rings. The summed E-state index contributed by atoms with van der Waals surface area (Å²) in [5, 5.41) is 3.55. The van der Waals surface area contributed by atoms with Gasteiger partial charge in [0.1, 0.15) is 5.75 Å². The number of rotatable bonds is 9. The molecule has 1 aliphatic rings. The summed E-state index contributed by atoms with van der Waals surface area (Å²) >= 11 is 0. The van der Waals surface area contributed by atoms with E-state index < -0.39 is 0 Å². The molecule has 0 spiro atoms. The van der Waals surface area contributed by atoms with Crippen LogP contribution in [0.25, 0.3) is 0 Å². The van der Waals surface area contributed by atoms with E-state index in [1.165, 1.54) is 30.5 Å². The van der Waals surface area contributed by atoms with E-state index in [4.69, 9.17) is 4.74 Å². The van der Waals surface area contributed by atoms with Gasteiger partial charge in [0.15, 0.2) is 0 Å². The Balaban J connectivity index is 2.05. The first-order valence-corrected chi connectivity index (χ1v) is 8.22. The number of benzene rings is 1. The molecule has 0 aromatic heterocycles. The third-order valence-corrected chi connectivity index (χ3v) is 4.21. The predicted molar refractivity (Wildman–Crippen MR) is 88.8 cm³/mol. The highest BCUT2D eigenvalue weighted by Crippen LogP contribution is 2.30. The molecule has 3 nitrogen and oxygen atoms in total. The zero-order valence-corrected chi connectivity index (χ0v) is 14.0. The van der Waals surface area contributed by atoms with Gasteiger partial charge in [-0.1, -0.05) is 13.0 Å². The highest BCUT2D eigenvalue weighted by Gasteiger charge is 2.23. The standard InChI is InChI=1S/C18H30N2O/c1-5-10-19-14(2)16-8-9-18(21-4)17(11-16)13-20(3)12-15-6-7-15/h8-9,11,14-15,19H,5-7,10,12-13H2,1-4H3. The van der Waals surface area contributed by atoms with Crippen molar-refractivity contribution in [3.05, 3.63) is 29.3 Å². The maximum atomic E-state index is 5.54. The first-order chi connectivity index (χ1) is 10.1. The lowest BCUT2D eigenvalue weighted by Crippen LogP contribution is -2.22. The van der Waals surface area contributed by atoms with Gasteiger partial charge in [0.2, 0.25) is 0 Å². The van der Waals surface area contributed by atoms with Crippen molar-refractivity contribution in [1.29, 1.82) is 0 Å². The Morgan fingerprint density at radius 2 is 2.14 bits per heavy atom. The molecule has 1 saturated carbocycles. The molecule has 1 atom stereocenters. The molecule has 1 aromatic rings. The van der Waals surface area contributed by atoms with Crippen molar-refractivity contribution in [2.75, 3.05) is 27.2 Å². The van der Waals surface area contributed by atoms with E-state index in [-0.39, 0.29) is 0 Å². The van der Waals surface area contributed by atoms with Gasteiger partial charge >= 0.3 is 0 Å². The summed E-state index contributed by atoms with van der Waals surface area (Å²) in [6.45, 7) is 7.66. The van der Waals surface area contributed by atoms with Crippen LogP contribution in [-0.2, 0) is 6.54 Å². The van der Waals surface area contributed by atoms with Crippen LogP contribution in [0, 0.1) is 5.92 Å². The molecule has 1 aromatic carbocycles. The van der Waals surface area contributed by atoms with Crippen molar-refractivity contribution in [3.63, 3.8) is 0 Å². The number of hydrogen-bond donors (Lipinski definition) is 1. The van der Waals surface area contributed by atoms with Crippen molar-refractivity contribution in [2.45, 2.75) is 45.7 Å². The number of nitrogens with one attached hydrogen (secondary N) is 1. The highest BCUT2D eigenvalue weighted by molar-refractivity contribution is 5.38. The molecular weight excluding hydrogens is 260 g/mol. The van der Waals surface area contributed by atoms with E-state index in [9.17, 15) is 0 Å². The fourth-order valence-electron chi connectivity index (χ4n) is 2.77. The van der Waals surface area contributed by atoms with Crippen LogP contribution in [0.5, 0.6) is 5.75 Å². The Hall–Kier alpha value is -1.06. The van der Waals surface area contributed by atoms with Crippen LogP contribution in [0.1, 0.15) is 50.3 Å². The Labute approximate surface area is 129 Å². The molecule has 1 aliphatic carbocycles. The molecule has 1 N–H and O–H groups in total. The molecule has 0 saturated heterocycles. The molecule has 21 heavy (non-hydrogen) atoms. The monoisotopic (exact) mass is 290 g/mol. The van der Waals surface area contributed by atoms with Crippen LogP contribution < -0.4 is 10.1 Å². The summed E-state index contributed by atoms with van der Waals surface area (Å²) in [6, 6.07) is 6.98. The molecule has 0 amide bonds. The van der Waals surface area contributed by atoms with Crippen molar-refractivity contribution in [1.82, 2.24) is 10.2 Å². The van der Waals surface area contributed by atoms with Gasteiger partial charge in [-0.15, -0.1) is 0 Å². The molecule has 3 heteroatoms. The normalized spacial score (nSPS) is 16.2. The van der Waals surface area contributed by atoms with Crippen LogP contribution in [0.2, 0.25) is 0 Å². The molecule has 0 aliphatic heterocycles. The third-order valence-electron chi connectivity index (χ3n) is 4.21. The van der Waals surface area contributed by atoms with Gasteiger partial charge in [0.05, 0.1) is 7.11 Å². The highest BCUT2D eigenvalue weighted by atomic mass is 16.5. The summed E-state index contributed by atoms with van der Waals surface area (Å²) in [4.78, 5) is 2.42. The Morgan fingerprint density at radius 3 is 2.76 bits per heavy atom. The SMILES string of the molecule is CCCNC(C)c1ccc(OC)c(CN(C)CC2CC2)c1. The van der Waals surface area contributed by atoms with E-state index >= 15 is 0 Å². The Bertz CT molecular complexity index is 443. The second-order valence-corrected chi connectivity index (χ2v) is 6.39. The maximum absolute atomic E-state index is 5.54. The molecule has 0 bridgehead atoms. The van der Waals surface area contributed by atoms with Crippen molar-refractivity contribution in [3.8, 4) is 5.75 Å². The zero-order chi connectivity index (χ0) is 15.2. The van der Waals surface area contributed by atoms with Crippen molar-refractivity contribution >= 4 is 0 Å². The lowest BCUT2D eigenvalue weighted by Gasteiger charge is -2.20. The van der Waals surface area contributed by atoms with Crippen molar-refractivity contribution in [2.24, 2.45) is 5.92 Å². The van der Waals surface area contributed by atoms with Crippen LogP contribution in [0.4, 0.5) is 0 Å². The fraction of sp³-hybridized carbons (Fsp3) is 0.667. The first kappa shape index (κ1) is 16.3. The van der Waals surface area contributed by atoms with E-state index in [1.54, 1.807) is 7.11 Å². The summed E-state index contributed by atoms with van der Waals surface area (Å²) in [5.41, 5.74) is 2.64. The van der Waals surface area contributed by atoms with E-state index in [0.717, 1.165) is 31.2 Å². The molecule has 2 rings (SSSR count). The third kappa shape index (κ3) is 5.01. The minimum Gasteiger partial charge on any atom is -0.496 e. The van der Waals surface area contributed by atoms with Gasteiger partial charge in [-0.3, -0.25) is 0 Å². The average molecular weight is 290 g/mol.